The lowest BCUT2D eigenvalue weighted by atomic mass is 10.1. The first-order valence-corrected chi connectivity index (χ1v) is 10.4. The van der Waals surface area contributed by atoms with Gasteiger partial charge in [-0.2, -0.15) is 0 Å². The summed E-state index contributed by atoms with van der Waals surface area (Å²) in [5.41, 5.74) is 1.67. The highest BCUT2D eigenvalue weighted by atomic mass is 16.6. The summed E-state index contributed by atoms with van der Waals surface area (Å²) in [6.07, 6.45) is 0.349. The Kier molecular flexibility index (Phi) is 7.04. The summed E-state index contributed by atoms with van der Waals surface area (Å²) in [6.45, 7) is 6.29. The molecule has 0 aromatic heterocycles. The van der Waals surface area contributed by atoms with Crippen LogP contribution in [0, 0.1) is 10.1 Å². The lowest BCUT2D eigenvalue weighted by molar-refractivity contribution is -0.384. The Morgan fingerprint density at radius 2 is 1.69 bits per heavy atom. The smallest absolute Gasteiger partial charge is 0.319 e. The van der Waals surface area contributed by atoms with Crippen LogP contribution in [0.5, 0.6) is 0 Å². The predicted octanol–water partition coefficient (Wildman–Crippen LogP) is 3.25. The molecule has 0 radical (unpaired) electrons. The number of hydrogen-bond acceptors (Lipinski definition) is 6. The molecule has 4 amide bonds. The van der Waals surface area contributed by atoms with Gasteiger partial charge in [0.05, 0.1) is 16.1 Å². The largest absolute Gasteiger partial charge is 0.372 e. The number of rotatable bonds is 9. The van der Waals surface area contributed by atoms with E-state index in [9.17, 15) is 24.5 Å². The van der Waals surface area contributed by atoms with Gasteiger partial charge in [-0.25, -0.2) is 4.79 Å². The van der Waals surface area contributed by atoms with Gasteiger partial charge in [0.2, 0.25) is 0 Å². The van der Waals surface area contributed by atoms with Crippen molar-refractivity contribution in [1.29, 1.82) is 0 Å². The van der Waals surface area contributed by atoms with Crippen LogP contribution in [0.15, 0.2) is 42.5 Å². The van der Waals surface area contributed by atoms with Crippen molar-refractivity contribution in [3.8, 4) is 0 Å². The van der Waals surface area contributed by atoms with Crippen LogP contribution in [0.4, 0.5) is 21.9 Å². The highest BCUT2D eigenvalue weighted by Crippen LogP contribution is 2.26. The average Bonchev–Trinajstić information content (AvgIpc) is 3.02. The molecule has 32 heavy (non-hydrogen) atoms. The van der Waals surface area contributed by atoms with Gasteiger partial charge in [0.15, 0.2) is 0 Å². The summed E-state index contributed by atoms with van der Waals surface area (Å²) >= 11 is 0. The van der Waals surface area contributed by atoms with Gasteiger partial charge in [-0.15, -0.1) is 0 Å². The zero-order valence-corrected chi connectivity index (χ0v) is 18.0. The molecule has 0 aliphatic carbocycles. The zero-order valence-electron chi connectivity index (χ0n) is 18.0. The molecule has 0 fully saturated rings. The summed E-state index contributed by atoms with van der Waals surface area (Å²) in [5, 5.41) is 16.3. The number of non-ortho nitro benzene ring substituents is 1. The van der Waals surface area contributed by atoms with Crippen molar-refractivity contribution in [2.45, 2.75) is 20.3 Å². The summed E-state index contributed by atoms with van der Waals surface area (Å²) in [6, 6.07) is 10.8. The molecule has 0 spiro atoms. The van der Waals surface area contributed by atoms with Gasteiger partial charge < -0.3 is 15.5 Å². The first-order valence-electron chi connectivity index (χ1n) is 10.4. The molecule has 3 rings (SSSR count). The third-order valence-electron chi connectivity index (χ3n) is 5.26. The quantitative estimate of drug-likeness (QED) is 0.267. The summed E-state index contributed by atoms with van der Waals surface area (Å²) in [4.78, 5) is 50.5. The van der Waals surface area contributed by atoms with Gasteiger partial charge in [-0.1, -0.05) is 0 Å². The van der Waals surface area contributed by atoms with Gasteiger partial charge in [-0.05, 0) is 50.6 Å². The molecule has 2 aromatic carbocycles. The van der Waals surface area contributed by atoms with Crippen LogP contribution < -0.4 is 15.5 Å². The molecular weight excluding hydrogens is 414 g/mol. The summed E-state index contributed by atoms with van der Waals surface area (Å²) in [5.74, 6) is -1.05. The van der Waals surface area contributed by atoms with Crippen LogP contribution in [-0.4, -0.2) is 53.8 Å². The number of imide groups is 1. The molecule has 1 aliphatic heterocycles. The highest BCUT2D eigenvalue weighted by molar-refractivity contribution is 6.21. The van der Waals surface area contributed by atoms with E-state index in [1.165, 1.54) is 12.1 Å². The second-order valence-corrected chi connectivity index (χ2v) is 7.20. The Balaban J connectivity index is 1.47. The van der Waals surface area contributed by atoms with Crippen molar-refractivity contribution in [1.82, 2.24) is 10.2 Å². The number of fused-ring (bicyclic) bond motifs is 1. The number of urea groups is 1. The minimum atomic E-state index is -0.611. The van der Waals surface area contributed by atoms with Crippen LogP contribution in [0.3, 0.4) is 0 Å². The molecule has 1 aliphatic rings. The topological polar surface area (TPSA) is 125 Å². The minimum absolute atomic E-state index is 0.0306. The molecule has 0 atom stereocenters. The number of carbonyl (C=O) groups is 3. The van der Waals surface area contributed by atoms with Crippen LogP contribution >= 0.6 is 0 Å². The Morgan fingerprint density at radius 1 is 1.03 bits per heavy atom. The molecule has 2 aromatic rings. The fourth-order valence-electron chi connectivity index (χ4n) is 3.55. The monoisotopic (exact) mass is 439 g/mol. The van der Waals surface area contributed by atoms with Crippen molar-refractivity contribution >= 4 is 34.9 Å². The Labute approximate surface area is 185 Å². The lowest BCUT2D eigenvalue weighted by Crippen LogP contribution is -2.35. The maximum Gasteiger partial charge on any atom is 0.319 e. The number of nitrogens with one attached hydrogen (secondary N) is 2. The fourth-order valence-corrected chi connectivity index (χ4v) is 3.55. The average molecular weight is 439 g/mol. The maximum atomic E-state index is 12.4. The Morgan fingerprint density at radius 3 is 2.31 bits per heavy atom. The second-order valence-electron chi connectivity index (χ2n) is 7.20. The van der Waals surface area contributed by atoms with Crippen LogP contribution in [0.2, 0.25) is 0 Å². The molecule has 10 nitrogen and oxygen atoms in total. The third-order valence-corrected chi connectivity index (χ3v) is 5.26. The van der Waals surface area contributed by atoms with Crippen molar-refractivity contribution in [3.63, 3.8) is 0 Å². The number of nitro groups is 1. The molecular formula is C22H25N5O5. The van der Waals surface area contributed by atoms with Gasteiger partial charge >= 0.3 is 6.03 Å². The second kappa shape index (κ2) is 9.90. The first kappa shape index (κ1) is 22.7. The van der Waals surface area contributed by atoms with Crippen LogP contribution in [0.25, 0.3) is 0 Å². The normalized spacial score (nSPS) is 12.5. The van der Waals surface area contributed by atoms with E-state index < -0.39 is 22.8 Å². The number of amides is 4. The van der Waals surface area contributed by atoms with E-state index in [0.29, 0.717) is 12.1 Å². The van der Waals surface area contributed by atoms with Crippen molar-refractivity contribution < 1.29 is 19.3 Å². The number of benzene rings is 2. The molecule has 0 bridgehead atoms. The van der Waals surface area contributed by atoms with E-state index in [4.69, 9.17) is 0 Å². The SMILES string of the molecule is CCN(CC)c1ccc(NC(=O)NCCCN2C(=O)c3ccc([N+](=O)[O-])cc3C2=O)cc1. The minimum Gasteiger partial charge on any atom is -0.372 e. The molecule has 1 heterocycles. The van der Waals surface area contributed by atoms with E-state index >= 15 is 0 Å². The number of hydrogen-bond donors (Lipinski definition) is 2. The lowest BCUT2D eigenvalue weighted by Gasteiger charge is -2.21. The highest BCUT2D eigenvalue weighted by Gasteiger charge is 2.36. The van der Waals surface area contributed by atoms with Gasteiger partial charge in [0.25, 0.3) is 17.5 Å². The van der Waals surface area contributed by atoms with E-state index in [1.54, 1.807) is 0 Å². The van der Waals surface area contributed by atoms with E-state index in [-0.39, 0.29) is 29.9 Å². The molecule has 0 saturated heterocycles. The molecule has 0 saturated carbocycles. The Hall–Kier alpha value is -3.95. The van der Waals surface area contributed by atoms with Gasteiger partial charge in [-0.3, -0.25) is 24.6 Å². The molecule has 2 N–H and O–H groups in total. The predicted molar refractivity (Wildman–Crippen MR) is 120 cm³/mol. The van der Waals surface area contributed by atoms with Gasteiger partial charge in [0, 0.05) is 49.7 Å². The van der Waals surface area contributed by atoms with E-state index in [1.807, 2.05) is 24.3 Å². The third kappa shape index (κ3) is 4.85. The van der Waals surface area contributed by atoms with Crippen LogP contribution in [-0.2, 0) is 0 Å². The van der Waals surface area contributed by atoms with Crippen molar-refractivity contribution in [2.75, 3.05) is 36.4 Å². The first-order chi connectivity index (χ1) is 15.3. The summed E-state index contributed by atoms with van der Waals surface area (Å²) in [7, 11) is 0. The number of anilines is 2. The van der Waals surface area contributed by atoms with Gasteiger partial charge in [0.1, 0.15) is 0 Å². The Bertz CT molecular complexity index is 1030. The molecule has 0 unspecified atom stereocenters. The van der Waals surface area contributed by atoms with Crippen molar-refractivity contribution in [3.05, 3.63) is 63.7 Å². The fraction of sp³-hybridized carbons (Fsp3) is 0.318. The van der Waals surface area contributed by atoms with E-state index in [0.717, 1.165) is 29.7 Å². The number of carbonyl (C=O) groups excluding carboxylic acids is 3. The number of nitro benzene ring substituents is 1. The van der Waals surface area contributed by atoms with Crippen molar-refractivity contribution in [2.24, 2.45) is 0 Å². The van der Waals surface area contributed by atoms with E-state index in [2.05, 4.69) is 29.4 Å². The zero-order chi connectivity index (χ0) is 23.3. The van der Waals surface area contributed by atoms with Crippen LogP contribution in [0.1, 0.15) is 41.0 Å². The maximum absolute atomic E-state index is 12.4. The molecule has 168 valence electrons. The standard InChI is InChI=1S/C22H25N5O5/c1-3-25(4-2)16-8-6-15(7-9-16)24-22(30)23-12-5-13-26-20(28)18-11-10-17(27(31)32)14-19(18)21(26)29/h6-11,14H,3-5,12-13H2,1-2H3,(H2,23,24,30). The summed E-state index contributed by atoms with van der Waals surface area (Å²) < 4.78 is 0. The molecule has 10 heteroatoms. The number of nitrogens with zero attached hydrogens (tertiary/aromatic N) is 3.